The topological polar surface area (TPSA) is 55.7 Å². The van der Waals surface area contributed by atoms with Gasteiger partial charge >= 0.3 is 5.97 Å². The number of hydrogen-bond acceptors (Lipinski definition) is 4. The number of nitrogens with zero attached hydrogens (tertiary/aromatic N) is 1. The highest BCUT2D eigenvalue weighted by atomic mass is 16.5. The lowest BCUT2D eigenvalue weighted by Crippen LogP contribution is -2.19. The summed E-state index contributed by atoms with van der Waals surface area (Å²) >= 11 is 0. The Morgan fingerprint density at radius 2 is 2.38 bits per heavy atom. The molecule has 1 rings (SSSR count). The Bertz CT molecular complexity index is 302. The zero-order valence-corrected chi connectivity index (χ0v) is 7.66. The fourth-order valence-electron chi connectivity index (χ4n) is 1.10. The number of carbonyl (C=O) groups excluding carboxylic acids is 2. The van der Waals surface area contributed by atoms with Gasteiger partial charge in [-0.05, 0) is 13.8 Å². The van der Waals surface area contributed by atoms with Gasteiger partial charge in [-0.2, -0.15) is 0 Å². The number of ketones is 1. The minimum atomic E-state index is -0.568. The molecule has 4 heteroatoms. The number of rotatable bonds is 2. The summed E-state index contributed by atoms with van der Waals surface area (Å²) in [6.45, 7) is 3.59. The van der Waals surface area contributed by atoms with E-state index in [0.717, 1.165) is 0 Å². The van der Waals surface area contributed by atoms with Crippen molar-refractivity contribution < 1.29 is 14.3 Å². The first-order valence-corrected chi connectivity index (χ1v) is 4.10. The molecule has 0 amide bonds. The number of ether oxygens (including phenoxy) is 1. The second-order valence-corrected chi connectivity index (χ2v) is 2.62. The normalized spacial score (nSPS) is 16.3. The van der Waals surface area contributed by atoms with Crippen LogP contribution in [0.5, 0.6) is 0 Å². The number of aliphatic imine (C=N–C) groups is 1. The lowest BCUT2D eigenvalue weighted by molar-refractivity contribution is -0.140. The molecule has 0 aromatic rings. The highest BCUT2D eigenvalue weighted by Crippen LogP contribution is 2.14. The predicted octanol–water partition coefficient (Wildman–Crippen LogP) is 0.867. The monoisotopic (exact) mass is 181 g/mol. The largest absolute Gasteiger partial charge is 0.462 e. The van der Waals surface area contributed by atoms with Gasteiger partial charge in [0.15, 0.2) is 5.78 Å². The van der Waals surface area contributed by atoms with E-state index in [2.05, 4.69) is 4.99 Å². The van der Waals surface area contributed by atoms with Crippen LogP contribution in [0, 0.1) is 0 Å². The molecule has 0 atom stereocenters. The summed E-state index contributed by atoms with van der Waals surface area (Å²) in [6.07, 6.45) is 1.69. The molecule has 0 N–H and O–H groups in total. The molecule has 0 radical (unpaired) electrons. The minimum absolute atomic E-state index is 0.0874. The number of allylic oxidation sites excluding steroid dienone is 1. The number of carbonyl (C=O) groups is 2. The first kappa shape index (κ1) is 9.64. The molecule has 0 aromatic heterocycles. The maximum absolute atomic E-state index is 11.3. The highest BCUT2D eigenvalue weighted by molar-refractivity contribution is 6.21. The van der Waals surface area contributed by atoms with Gasteiger partial charge in [-0.25, -0.2) is 4.79 Å². The molecule has 1 aliphatic rings. The Kier molecular flexibility index (Phi) is 2.95. The summed E-state index contributed by atoms with van der Waals surface area (Å²) < 4.78 is 4.73. The molecular weight excluding hydrogens is 170 g/mol. The van der Waals surface area contributed by atoms with Gasteiger partial charge in [0.1, 0.15) is 5.57 Å². The highest BCUT2D eigenvalue weighted by Gasteiger charge is 2.23. The summed E-state index contributed by atoms with van der Waals surface area (Å²) in [5.74, 6) is -0.784. The summed E-state index contributed by atoms with van der Waals surface area (Å²) in [5.41, 5.74) is 0.527. The fourth-order valence-corrected chi connectivity index (χ4v) is 1.10. The number of hydrogen-bond donors (Lipinski definition) is 0. The smallest absolute Gasteiger partial charge is 0.343 e. The van der Waals surface area contributed by atoms with Crippen LogP contribution in [-0.4, -0.2) is 24.6 Å². The first-order chi connectivity index (χ1) is 6.16. The third-order valence-corrected chi connectivity index (χ3v) is 1.68. The number of esters is 1. The van der Waals surface area contributed by atoms with E-state index in [1.165, 1.54) is 6.21 Å². The van der Waals surface area contributed by atoms with Gasteiger partial charge < -0.3 is 4.74 Å². The maximum atomic E-state index is 11.3. The van der Waals surface area contributed by atoms with Crippen LogP contribution < -0.4 is 0 Å². The Morgan fingerprint density at radius 1 is 1.69 bits per heavy atom. The van der Waals surface area contributed by atoms with E-state index in [4.69, 9.17) is 4.74 Å². The van der Waals surface area contributed by atoms with Crippen molar-refractivity contribution in [2.45, 2.75) is 20.3 Å². The SMILES string of the molecule is CCOC(=O)C1=C(C)N=CCC1=O. The van der Waals surface area contributed by atoms with Crippen molar-refractivity contribution in [1.29, 1.82) is 0 Å². The Morgan fingerprint density at radius 3 is 2.92 bits per heavy atom. The Balaban J connectivity index is 2.92. The Labute approximate surface area is 76.3 Å². The van der Waals surface area contributed by atoms with Crippen molar-refractivity contribution in [2.75, 3.05) is 6.61 Å². The van der Waals surface area contributed by atoms with Crippen LogP contribution in [0.15, 0.2) is 16.3 Å². The summed E-state index contributed by atoms with van der Waals surface area (Å²) in [4.78, 5) is 26.4. The van der Waals surface area contributed by atoms with E-state index in [9.17, 15) is 9.59 Å². The van der Waals surface area contributed by atoms with Gasteiger partial charge in [0, 0.05) is 12.6 Å². The van der Waals surface area contributed by atoms with Gasteiger partial charge in [-0.15, -0.1) is 0 Å². The molecule has 4 nitrogen and oxygen atoms in total. The molecule has 0 aromatic carbocycles. The van der Waals surface area contributed by atoms with E-state index in [-0.39, 0.29) is 24.4 Å². The van der Waals surface area contributed by atoms with Crippen molar-refractivity contribution in [3.05, 3.63) is 11.3 Å². The third-order valence-electron chi connectivity index (χ3n) is 1.68. The molecule has 70 valence electrons. The molecule has 0 unspecified atom stereocenters. The van der Waals surface area contributed by atoms with Crippen LogP contribution in [0.3, 0.4) is 0 Å². The van der Waals surface area contributed by atoms with E-state index in [0.29, 0.717) is 5.70 Å². The van der Waals surface area contributed by atoms with Crippen molar-refractivity contribution >= 4 is 18.0 Å². The second kappa shape index (κ2) is 3.98. The van der Waals surface area contributed by atoms with Gasteiger partial charge in [-0.3, -0.25) is 9.79 Å². The van der Waals surface area contributed by atoms with Crippen molar-refractivity contribution in [3.63, 3.8) is 0 Å². The lowest BCUT2D eigenvalue weighted by atomic mass is 10.1. The zero-order valence-electron chi connectivity index (χ0n) is 7.66. The third kappa shape index (κ3) is 2.02. The predicted molar refractivity (Wildman–Crippen MR) is 47.4 cm³/mol. The van der Waals surface area contributed by atoms with Gasteiger partial charge in [0.05, 0.1) is 12.3 Å². The van der Waals surface area contributed by atoms with Crippen LogP contribution in [0.1, 0.15) is 20.3 Å². The molecule has 0 saturated heterocycles. The average molecular weight is 181 g/mol. The van der Waals surface area contributed by atoms with Gasteiger partial charge in [0.2, 0.25) is 0 Å². The summed E-state index contributed by atoms with van der Waals surface area (Å²) in [7, 11) is 0. The second-order valence-electron chi connectivity index (χ2n) is 2.62. The standard InChI is InChI=1S/C9H11NO3/c1-3-13-9(12)8-6(2)10-5-4-7(8)11/h5H,3-4H2,1-2H3. The minimum Gasteiger partial charge on any atom is -0.462 e. The fraction of sp³-hybridized carbons (Fsp3) is 0.444. The quantitative estimate of drug-likeness (QED) is 0.469. The molecule has 0 bridgehead atoms. The van der Waals surface area contributed by atoms with Crippen LogP contribution in [0.25, 0.3) is 0 Å². The molecule has 0 aliphatic carbocycles. The summed E-state index contributed by atoms with van der Waals surface area (Å²) in [6, 6.07) is 0. The maximum Gasteiger partial charge on any atom is 0.343 e. The molecular formula is C9H11NO3. The van der Waals surface area contributed by atoms with Crippen LogP contribution in [0.2, 0.25) is 0 Å². The molecule has 13 heavy (non-hydrogen) atoms. The molecule has 0 fully saturated rings. The molecule has 0 saturated carbocycles. The Hall–Kier alpha value is -1.45. The summed E-state index contributed by atoms with van der Waals surface area (Å²) in [5, 5.41) is 0. The van der Waals surface area contributed by atoms with Gasteiger partial charge in [0.25, 0.3) is 0 Å². The van der Waals surface area contributed by atoms with E-state index < -0.39 is 5.97 Å². The zero-order chi connectivity index (χ0) is 9.84. The van der Waals surface area contributed by atoms with Gasteiger partial charge in [-0.1, -0.05) is 0 Å². The van der Waals surface area contributed by atoms with Crippen LogP contribution >= 0.6 is 0 Å². The van der Waals surface area contributed by atoms with E-state index in [1.54, 1.807) is 13.8 Å². The van der Waals surface area contributed by atoms with Crippen molar-refractivity contribution in [3.8, 4) is 0 Å². The van der Waals surface area contributed by atoms with E-state index >= 15 is 0 Å². The van der Waals surface area contributed by atoms with Crippen molar-refractivity contribution in [2.24, 2.45) is 4.99 Å². The average Bonchev–Trinajstić information content (AvgIpc) is 2.04. The molecule has 0 spiro atoms. The number of Topliss-reactive ketones (excluding diaryl/α,β-unsaturated/α-hetero) is 1. The lowest BCUT2D eigenvalue weighted by Gasteiger charge is -2.09. The molecule has 1 aliphatic heterocycles. The first-order valence-electron chi connectivity index (χ1n) is 4.10. The van der Waals surface area contributed by atoms with E-state index in [1.807, 2.05) is 0 Å². The van der Waals surface area contributed by atoms with Crippen LogP contribution in [-0.2, 0) is 14.3 Å². The molecule has 1 heterocycles. The van der Waals surface area contributed by atoms with Crippen molar-refractivity contribution in [1.82, 2.24) is 0 Å². The van der Waals surface area contributed by atoms with Crippen LogP contribution in [0.4, 0.5) is 0 Å².